The molecule has 122 valence electrons. The van der Waals surface area contributed by atoms with E-state index >= 15 is 0 Å². The molecule has 1 aliphatic heterocycles. The minimum Gasteiger partial charge on any atom is -0.340 e. The van der Waals surface area contributed by atoms with E-state index in [9.17, 15) is 4.79 Å². The van der Waals surface area contributed by atoms with E-state index < -0.39 is 0 Å². The van der Waals surface area contributed by atoms with Crippen LogP contribution in [0.15, 0.2) is 30.3 Å². The van der Waals surface area contributed by atoms with Gasteiger partial charge < -0.3 is 4.90 Å². The highest BCUT2D eigenvalue weighted by atomic mass is 16.2. The molecule has 3 heteroatoms. The predicted octanol–water partition coefficient (Wildman–Crippen LogP) is 3.55. The van der Waals surface area contributed by atoms with Gasteiger partial charge in [-0.1, -0.05) is 57.0 Å². The summed E-state index contributed by atoms with van der Waals surface area (Å²) in [7, 11) is 0. The first-order valence-electron chi connectivity index (χ1n) is 8.79. The van der Waals surface area contributed by atoms with Gasteiger partial charge in [0.15, 0.2) is 0 Å². The molecule has 1 aromatic rings. The predicted molar refractivity (Wildman–Crippen MR) is 91.6 cm³/mol. The van der Waals surface area contributed by atoms with Crippen molar-refractivity contribution < 1.29 is 4.79 Å². The summed E-state index contributed by atoms with van der Waals surface area (Å²) in [6, 6.07) is 10.6. The molecular weight excluding hydrogens is 272 g/mol. The van der Waals surface area contributed by atoms with Crippen molar-refractivity contribution in [1.82, 2.24) is 9.80 Å². The van der Waals surface area contributed by atoms with Crippen molar-refractivity contribution in [2.45, 2.75) is 46.1 Å². The molecule has 0 N–H and O–H groups in total. The molecule has 0 spiro atoms. The third-order valence-electron chi connectivity index (χ3n) is 4.56. The molecule has 1 aromatic carbocycles. The van der Waals surface area contributed by atoms with Gasteiger partial charge in [0.2, 0.25) is 5.91 Å². The summed E-state index contributed by atoms with van der Waals surface area (Å²) in [5.41, 5.74) is 1.36. The number of nitrogens with zero attached hydrogens (tertiary/aromatic N) is 2. The molecule has 0 aromatic heterocycles. The summed E-state index contributed by atoms with van der Waals surface area (Å²) < 4.78 is 0. The lowest BCUT2D eigenvalue weighted by Crippen LogP contribution is -2.50. The van der Waals surface area contributed by atoms with Crippen LogP contribution in [0.5, 0.6) is 0 Å². The molecule has 1 amide bonds. The Morgan fingerprint density at radius 3 is 2.14 bits per heavy atom. The van der Waals surface area contributed by atoms with Crippen molar-refractivity contribution in [3.05, 3.63) is 35.9 Å². The van der Waals surface area contributed by atoms with Crippen LogP contribution < -0.4 is 0 Å². The minimum atomic E-state index is 0.246. The second-order valence-corrected chi connectivity index (χ2v) is 6.36. The molecule has 0 atom stereocenters. The van der Waals surface area contributed by atoms with Gasteiger partial charge in [-0.05, 0) is 18.4 Å². The van der Waals surface area contributed by atoms with Crippen LogP contribution in [0, 0.1) is 5.92 Å². The summed E-state index contributed by atoms with van der Waals surface area (Å²) >= 11 is 0. The van der Waals surface area contributed by atoms with Crippen molar-refractivity contribution in [1.29, 1.82) is 0 Å². The minimum absolute atomic E-state index is 0.246. The number of hydrogen-bond acceptors (Lipinski definition) is 2. The highest BCUT2D eigenvalue weighted by Gasteiger charge is 2.26. The first-order valence-corrected chi connectivity index (χ1v) is 8.79. The van der Waals surface area contributed by atoms with E-state index in [1.807, 2.05) is 0 Å². The number of piperazine rings is 1. The van der Waals surface area contributed by atoms with E-state index in [1.165, 1.54) is 5.56 Å². The Labute approximate surface area is 135 Å². The fourth-order valence-electron chi connectivity index (χ4n) is 3.31. The van der Waals surface area contributed by atoms with Gasteiger partial charge in [-0.2, -0.15) is 0 Å². The third-order valence-corrected chi connectivity index (χ3v) is 4.56. The third kappa shape index (κ3) is 4.84. The molecule has 1 fully saturated rings. The highest BCUT2D eigenvalue weighted by Crippen LogP contribution is 2.18. The van der Waals surface area contributed by atoms with E-state index in [0.29, 0.717) is 5.91 Å². The Bertz CT molecular complexity index is 432. The normalized spacial score (nSPS) is 16.2. The maximum Gasteiger partial charge on any atom is 0.225 e. The molecular formula is C19H30N2O. The quantitative estimate of drug-likeness (QED) is 0.769. The Hall–Kier alpha value is -1.35. The van der Waals surface area contributed by atoms with Crippen LogP contribution >= 0.6 is 0 Å². The molecule has 1 heterocycles. The average molecular weight is 302 g/mol. The Morgan fingerprint density at radius 2 is 1.59 bits per heavy atom. The van der Waals surface area contributed by atoms with Crippen molar-refractivity contribution in [2.24, 2.45) is 5.92 Å². The SMILES string of the molecule is CCCC(CCC)C(=O)N1CCN(Cc2ccccc2)CC1. The lowest BCUT2D eigenvalue weighted by atomic mass is 9.96. The van der Waals surface area contributed by atoms with Crippen LogP contribution in [0.3, 0.4) is 0 Å². The van der Waals surface area contributed by atoms with E-state index in [0.717, 1.165) is 58.4 Å². The first kappa shape index (κ1) is 17.0. The average Bonchev–Trinajstić information content (AvgIpc) is 2.56. The van der Waals surface area contributed by atoms with Crippen LogP contribution in [-0.4, -0.2) is 41.9 Å². The van der Waals surface area contributed by atoms with E-state index in [1.54, 1.807) is 0 Å². The van der Waals surface area contributed by atoms with Crippen LogP contribution in [0.2, 0.25) is 0 Å². The Balaban J connectivity index is 1.82. The van der Waals surface area contributed by atoms with Crippen LogP contribution in [0.4, 0.5) is 0 Å². The summed E-state index contributed by atoms with van der Waals surface area (Å²) in [5.74, 6) is 0.638. The van der Waals surface area contributed by atoms with Crippen molar-refractivity contribution in [3.8, 4) is 0 Å². The van der Waals surface area contributed by atoms with E-state index in [-0.39, 0.29) is 5.92 Å². The molecule has 1 saturated heterocycles. The van der Waals surface area contributed by atoms with Crippen molar-refractivity contribution in [3.63, 3.8) is 0 Å². The van der Waals surface area contributed by atoms with Gasteiger partial charge in [0.05, 0.1) is 0 Å². The van der Waals surface area contributed by atoms with Gasteiger partial charge in [-0.15, -0.1) is 0 Å². The van der Waals surface area contributed by atoms with Gasteiger partial charge >= 0.3 is 0 Å². The highest BCUT2D eigenvalue weighted by molar-refractivity contribution is 5.78. The molecule has 22 heavy (non-hydrogen) atoms. The number of carbonyl (C=O) groups is 1. The maximum absolute atomic E-state index is 12.7. The fraction of sp³-hybridized carbons (Fsp3) is 0.632. The van der Waals surface area contributed by atoms with Crippen molar-refractivity contribution >= 4 is 5.91 Å². The summed E-state index contributed by atoms with van der Waals surface area (Å²) in [6.07, 6.45) is 4.28. The Morgan fingerprint density at radius 1 is 1.00 bits per heavy atom. The van der Waals surface area contributed by atoms with E-state index in [2.05, 4.69) is 54.0 Å². The zero-order chi connectivity index (χ0) is 15.8. The largest absolute Gasteiger partial charge is 0.340 e. The topological polar surface area (TPSA) is 23.6 Å². The Kier molecular flexibility index (Phi) is 6.91. The monoisotopic (exact) mass is 302 g/mol. The number of amides is 1. The smallest absolute Gasteiger partial charge is 0.225 e. The second kappa shape index (κ2) is 8.94. The summed E-state index contributed by atoms with van der Waals surface area (Å²) in [4.78, 5) is 17.2. The summed E-state index contributed by atoms with van der Waals surface area (Å²) in [6.45, 7) is 9.10. The molecule has 3 nitrogen and oxygen atoms in total. The number of carbonyl (C=O) groups excluding carboxylic acids is 1. The lowest BCUT2D eigenvalue weighted by molar-refractivity contribution is -0.137. The van der Waals surface area contributed by atoms with Crippen LogP contribution in [-0.2, 0) is 11.3 Å². The summed E-state index contributed by atoms with van der Waals surface area (Å²) in [5, 5.41) is 0. The van der Waals surface area contributed by atoms with Gasteiger partial charge in [0, 0.05) is 38.6 Å². The van der Waals surface area contributed by atoms with Crippen molar-refractivity contribution in [2.75, 3.05) is 26.2 Å². The fourth-order valence-corrected chi connectivity index (χ4v) is 3.31. The molecule has 0 saturated carbocycles. The first-order chi connectivity index (χ1) is 10.7. The molecule has 0 aliphatic carbocycles. The molecule has 0 bridgehead atoms. The number of hydrogen-bond donors (Lipinski definition) is 0. The van der Waals surface area contributed by atoms with Crippen LogP contribution in [0.1, 0.15) is 45.1 Å². The molecule has 0 unspecified atom stereocenters. The standard InChI is InChI=1S/C19H30N2O/c1-3-8-18(9-4-2)19(22)21-14-12-20(13-15-21)16-17-10-6-5-7-11-17/h5-7,10-11,18H,3-4,8-9,12-16H2,1-2H3. The van der Waals surface area contributed by atoms with E-state index in [4.69, 9.17) is 0 Å². The van der Waals surface area contributed by atoms with Gasteiger partial charge in [-0.25, -0.2) is 0 Å². The zero-order valence-corrected chi connectivity index (χ0v) is 14.1. The molecule has 1 aliphatic rings. The van der Waals surface area contributed by atoms with Crippen LogP contribution in [0.25, 0.3) is 0 Å². The molecule has 0 radical (unpaired) electrons. The second-order valence-electron chi connectivity index (χ2n) is 6.36. The van der Waals surface area contributed by atoms with Gasteiger partial charge in [0.1, 0.15) is 0 Å². The number of rotatable bonds is 7. The lowest BCUT2D eigenvalue weighted by Gasteiger charge is -2.36. The van der Waals surface area contributed by atoms with Gasteiger partial charge in [-0.3, -0.25) is 9.69 Å². The maximum atomic E-state index is 12.7. The number of benzene rings is 1. The molecule has 2 rings (SSSR count). The van der Waals surface area contributed by atoms with Gasteiger partial charge in [0.25, 0.3) is 0 Å². The zero-order valence-electron chi connectivity index (χ0n) is 14.1.